The average Bonchev–Trinajstić information content (AvgIpc) is 2.97. The molecule has 0 spiro atoms. The Kier molecular flexibility index (Phi) is 6.81. The van der Waals surface area contributed by atoms with Gasteiger partial charge in [-0.1, -0.05) is 31.5 Å². The summed E-state index contributed by atoms with van der Waals surface area (Å²) in [6.45, 7) is 7.07. The molecule has 9 heteroatoms. The van der Waals surface area contributed by atoms with Crippen molar-refractivity contribution in [1.82, 2.24) is 9.88 Å². The first-order valence-corrected chi connectivity index (χ1v) is 10.7. The average molecular weight is 404 g/mol. The monoisotopic (exact) mass is 403 g/mol. The van der Waals surface area contributed by atoms with Crippen LogP contribution in [0, 0.1) is 6.92 Å². The first kappa shape index (κ1) is 20.1. The molecule has 1 heterocycles. The van der Waals surface area contributed by atoms with Gasteiger partial charge in [0.1, 0.15) is 6.23 Å². The van der Waals surface area contributed by atoms with Crippen molar-refractivity contribution in [2.24, 2.45) is 0 Å². The Bertz CT molecular complexity index is 820. The number of aromatic nitrogens is 1. The molecule has 0 aliphatic heterocycles. The van der Waals surface area contributed by atoms with Crippen molar-refractivity contribution < 1.29 is 13.5 Å². The smallest absolute Gasteiger partial charge is 0.263 e. The van der Waals surface area contributed by atoms with Crippen LogP contribution in [0.4, 0.5) is 5.13 Å². The van der Waals surface area contributed by atoms with Crippen LogP contribution in [0.2, 0.25) is 5.02 Å². The third-order valence-electron chi connectivity index (χ3n) is 3.91. The fraction of sp³-hybridized carbons (Fsp3) is 0.438. The summed E-state index contributed by atoms with van der Waals surface area (Å²) in [6, 6.07) is 4.74. The second kappa shape index (κ2) is 8.46. The first-order chi connectivity index (χ1) is 11.8. The topological polar surface area (TPSA) is 82.5 Å². The van der Waals surface area contributed by atoms with E-state index in [9.17, 15) is 13.5 Å². The Morgan fingerprint density at radius 1 is 1.36 bits per heavy atom. The van der Waals surface area contributed by atoms with Gasteiger partial charge in [-0.2, -0.15) is 0 Å². The van der Waals surface area contributed by atoms with Crippen molar-refractivity contribution in [3.63, 3.8) is 0 Å². The minimum atomic E-state index is -3.77. The second-order valence-corrected chi connectivity index (χ2v) is 8.43. The summed E-state index contributed by atoms with van der Waals surface area (Å²) in [5, 5.41) is 12.6. The maximum absolute atomic E-state index is 12.5. The van der Waals surface area contributed by atoms with E-state index in [0.29, 0.717) is 22.7 Å². The lowest BCUT2D eigenvalue weighted by molar-refractivity contribution is 0.0110. The van der Waals surface area contributed by atoms with E-state index in [-0.39, 0.29) is 10.0 Å². The summed E-state index contributed by atoms with van der Waals surface area (Å²) in [7, 11) is -3.77. The van der Waals surface area contributed by atoms with Crippen LogP contribution < -0.4 is 4.72 Å². The molecule has 0 aliphatic rings. The maximum Gasteiger partial charge on any atom is 0.263 e. The number of hydrogen-bond acceptors (Lipinski definition) is 6. The molecule has 0 amide bonds. The number of benzene rings is 1. The van der Waals surface area contributed by atoms with Crippen molar-refractivity contribution in [1.29, 1.82) is 0 Å². The molecule has 1 aromatic carbocycles. The van der Waals surface area contributed by atoms with Gasteiger partial charge >= 0.3 is 0 Å². The van der Waals surface area contributed by atoms with E-state index in [0.717, 1.165) is 13.1 Å². The normalized spacial score (nSPS) is 13.2. The molecule has 138 valence electrons. The molecule has 1 unspecified atom stereocenters. The lowest BCUT2D eigenvalue weighted by Gasteiger charge is -2.24. The number of aliphatic hydroxyl groups is 1. The van der Waals surface area contributed by atoms with Gasteiger partial charge in [-0.3, -0.25) is 9.62 Å². The molecule has 0 radical (unpaired) electrons. The van der Waals surface area contributed by atoms with Gasteiger partial charge < -0.3 is 5.11 Å². The Hall–Kier alpha value is -1.19. The summed E-state index contributed by atoms with van der Waals surface area (Å²) in [6.07, 6.45) is -0.299. The highest BCUT2D eigenvalue weighted by molar-refractivity contribution is 7.93. The van der Waals surface area contributed by atoms with E-state index in [2.05, 4.69) is 9.71 Å². The summed E-state index contributed by atoms with van der Waals surface area (Å²) in [5.74, 6) is 0. The number of halogens is 1. The minimum absolute atomic E-state index is 0.125. The standard InChI is InChI=1S/C16H22ClN3O3S2/c1-4-20(5-2)15(21)9-12-10-24-16(18-12)19-25(22,23)14-8-6-7-13(17)11(14)3/h6-8,10,15,21H,4-5,9H2,1-3H3,(H,18,19). The number of thiazole rings is 1. The van der Waals surface area contributed by atoms with Crippen molar-refractivity contribution in [2.75, 3.05) is 17.8 Å². The molecule has 0 saturated heterocycles. The summed E-state index contributed by atoms with van der Waals surface area (Å²) in [4.78, 5) is 6.30. The number of likely N-dealkylation sites (N-methyl/N-ethyl adjacent to an activating group) is 1. The summed E-state index contributed by atoms with van der Waals surface area (Å²) < 4.78 is 27.6. The van der Waals surface area contributed by atoms with E-state index in [1.54, 1.807) is 24.4 Å². The molecular weight excluding hydrogens is 382 g/mol. The third-order valence-corrected chi connectivity index (χ3v) is 6.74. The SMILES string of the molecule is CCN(CC)C(O)Cc1csc(NS(=O)(=O)c2cccc(Cl)c2C)n1. The van der Waals surface area contributed by atoms with E-state index >= 15 is 0 Å². The van der Waals surface area contributed by atoms with Crippen molar-refractivity contribution in [3.8, 4) is 0 Å². The fourth-order valence-corrected chi connectivity index (χ4v) is 4.93. The van der Waals surface area contributed by atoms with Gasteiger partial charge in [0.05, 0.1) is 10.6 Å². The van der Waals surface area contributed by atoms with Gasteiger partial charge in [0, 0.05) is 16.8 Å². The predicted molar refractivity (Wildman–Crippen MR) is 102 cm³/mol. The Balaban J connectivity index is 2.14. The molecule has 25 heavy (non-hydrogen) atoms. The molecule has 2 N–H and O–H groups in total. The number of sulfonamides is 1. The van der Waals surface area contributed by atoms with E-state index < -0.39 is 16.3 Å². The largest absolute Gasteiger partial charge is 0.378 e. The van der Waals surface area contributed by atoms with Gasteiger partial charge in [-0.15, -0.1) is 11.3 Å². The van der Waals surface area contributed by atoms with E-state index in [1.165, 1.54) is 17.4 Å². The zero-order valence-corrected chi connectivity index (χ0v) is 16.7. The van der Waals surface area contributed by atoms with Gasteiger partial charge in [0.15, 0.2) is 5.13 Å². The number of anilines is 1. The van der Waals surface area contributed by atoms with Crippen LogP contribution in [0.5, 0.6) is 0 Å². The quantitative estimate of drug-likeness (QED) is 0.662. The van der Waals surface area contributed by atoms with E-state index in [4.69, 9.17) is 11.6 Å². The Labute approximate surface area is 157 Å². The first-order valence-electron chi connectivity index (χ1n) is 7.93. The number of nitrogens with one attached hydrogen (secondary N) is 1. The van der Waals surface area contributed by atoms with Crippen LogP contribution in [0.1, 0.15) is 25.1 Å². The van der Waals surface area contributed by atoms with Crippen LogP contribution in [0.15, 0.2) is 28.5 Å². The van der Waals surface area contributed by atoms with Gasteiger partial charge in [-0.25, -0.2) is 13.4 Å². The molecular formula is C16H22ClN3O3S2. The highest BCUT2D eigenvalue weighted by atomic mass is 35.5. The highest BCUT2D eigenvalue weighted by Gasteiger charge is 2.20. The van der Waals surface area contributed by atoms with Crippen molar-refractivity contribution in [3.05, 3.63) is 39.9 Å². The zero-order chi connectivity index (χ0) is 18.6. The zero-order valence-electron chi connectivity index (χ0n) is 14.4. The van der Waals surface area contributed by atoms with Crippen LogP contribution in [0.3, 0.4) is 0 Å². The lowest BCUT2D eigenvalue weighted by atomic mass is 10.2. The molecule has 6 nitrogen and oxygen atoms in total. The number of nitrogens with zero attached hydrogens (tertiary/aromatic N) is 2. The molecule has 2 aromatic rings. The Morgan fingerprint density at radius 3 is 2.68 bits per heavy atom. The maximum atomic E-state index is 12.5. The van der Waals surface area contributed by atoms with Crippen molar-refractivity contribution >= 4 is 38.1 Å². The number of rotatable bonds is 8. The molecule has 1 atom stereocenters. The molecule has 0 bridgehead atoms. The second-order valence-electron chi connectivity index (χ2n) is 5.52. The molecule has 1 aromatic heterocycles. The minimum Gasteiger partial charge on any atom is -0.378 e. The number of aliphatic hydroxyl groups excluding tert-OH is 1. The van der Waals surface area contributed by atoms with Gasteiger partial charge in [0.25, 0.3) is 10.0 Å². The summed E-state index contributed by atoms with van der Waals surface area (Å²) >= 11 is 7.19. The van der Waals surface area contributed by atoms with Gasteiger partial charge in [-0.05, 0) is 37.7 Å². The summed E-state index contributed by atoms with van der Waals surface area (Å²) in [5.41, 5.74) is 1.13. The van der Waals surface area contributed by atoms with Crippen LogP contribution in [0.25, 0.3) is 0 Å². The predicted octanol–water partition coefficient (Wildman–Crippen LogP) is 3.11. The molecule has 0 aliphatic carbocycles. The lowest BCUT2D eigenvalue weighted by Crippen LogP contribution is -2.36. The third kappa shape index (κ3) is 4.92. The fourth-order valence-electron chi connectivity index (χ4n) is 2.46. The highest BCUT2D eigenvalue weighted by Crippen LogP contribution is 2.26. The number of hydrogen-bond donors (Lipinski definition) is 2. The van der Waals surface area contributed by atoms with Gasteiger partial charge in [0.2, 0.25) is 0 Å². The molecule has 0 saturated carbocycles. The molecule has 2 rings (SSSR count). The molecule has 0 fully saturated rings. The Morgan fingerprint density at radius 2 is 2.04 bits per heavy atom. The van der Waals surface area contributed by atoms with Crippen LogP contribution >= 0.6 is 22.9 Å². The van der Waals surface area contributed by atoms with Crippen LogP contribution in [-0.2, 0) is 16.4 Å². The van der Waals surface area contributed by atoms with E-state index in [1.807, 2.05) is 18.7 Å². The van der Waals surface area contributed by atoms with Crippen molar-refractivity contribution in [2.45, 2.75) is 38.3 Å². The van der Waals surface area contributed by atoms with Crippen LogP contribution in [-0.4, -0.2) is 42.7 Å².